The number of nitrogens with two attached hydrogens (primary N) is 1. The van der Waals surface area contributed by atoms with E-state index in [1.807, 2.05) is 12.1 Å². The van der Waals surface area contributed by atoms with Crippen LogP contribution in [0.1, 0.15) is 11.3 Å². The molecule has 7 heteroatoms. The third kappa shape index (κ3) is 1.95. The molecule has 0 unspecified atom stereocenters. The fourth-order valence-corrected chi connectivity index (χ4v) is 3.69. The Morgan fingerprint density at radius 3 is 2.53 bits per heavy atom. The number of sulfone groups is 1. The van der Waals surface area contributed by atoms with Gasteiger partial charge in [-0.1, -0.05) is 0 Å². The smallest absolute Gasteiger partial charge is 0.160 e. The molecule has 2 heterocycles. The molecule has 2 aromatic rings. The second kappa shape index (κ2) is 3.99. The zero-order chi connectivity index (χ0) is 13.6. The Kier molecular flexibility index (Phi) is 2.53. The van der Waals surface area contributed by atoms with Gasteiger partial charge in [0.15, 0.2) is 9.84 Å². The van der Waals surface area contributed by atoms with Gasteiger partial charge >= 0.3 is 0 Å². The number of methoxy groups -OCH3 is 1. The number of nitrogen functional groups attached to an aromatic ring is 1. The Labute approximate surface area is 110 Å². The summed E-state index contributed by atoms with van der Waals surface area (Å²) in [5.74, 6) is 1.07. The number of nitrogens with zero attached hydrogens (tertiary/aromatic N) is 2. The van der Waals surface area contributed by atoms with Crippen molar-refractivity contribution in [2.75, 3.05) is 12.8 Å². The van der Waals surface area contributed by atoms with Gasteiger partial charge in [-0.2, -0.15) is 5.10 Å². The van der Waals surface area contributed by atoms with E-state index in [0.29, 0.717) is 17.1 Å². The summed E-state index contributed by atoms with van der Waals surface area (Å²) in [6.07, 6.45) is 0. The maximum atomic E-state index is 11.5. The first-order chi connectivity index (χ1) is 9.00. The molecule has 2 N–H and O–H groups in total. The molecule has 1 aromatic carbocycles. The normalized spacial score (nSPS) is 16.3. The van der Waals surface area contributed by atoms with Crippen LogP contribution in [-0.2, 0) is 21.3 Å². The van der Waals surface area contributed by atoms with Crippen molar-refractivity contribution in [3.8, 4) is 11.4 Å². The van der Waals surface area contributed by atoms with Gasteiger partial charge in [0.2, 0.25) is 0 Å². The Hall–Kier alpha value is -2.02. The number of ether oxygens (including phenoxy) is 1. The quantitative estimate of drug-likeness (QED) is 0.882. The van der Waals surface area contributed by atoms with E-state index >= 15 is 0 Å². The predicted molar refractivity (Wildman–Crippen MR) is 70.9 cm³/mol. The third-order valence-electron chi connectivity index (χ3n) is 3.14. The van der Waals surface area contributed by atoms with Gasteiger partial charge in [0.1, 0.15) is 11.6 Å². The van der Waals surface area contributed by atoms with Gasteiger partial charge in [-0.25, -0.2) is 13.1 Å². The highest BCUT2D eigenvalue weighted by Crippen LogP contribution is 2.31. The van der Waals surface area contributed by atoms with Crippen molar-refractivity contribution in [1.29, 1.82) is 0 Å². The molecule has 1 aliphatic rings. The molecule has 3 rings (SSSR count). The fraction of sp³-hybridized carbons (Fsp3) is 0.250. The highest BCUT2D eigenvalue weighted by atomic mass is 32.2. The van der Waals surface area contributed by atoms with E-state index in [9.17, 15) is 8.42 Å². The summed E-state index contributed by atoms with van der Waals surface area (Å²) >= 11 is 0. The topological polar surface area (TPSA) is 87.2 Å². The van der Waals surface area contributed by atoms with Crippen LogP contribution in [0.25, 0.3) is 5.69 Å². The first-order valence-electron chi connectivity index (χ1n) is 5.71. The maximum absolute atomic E-state index is 11.5. The third-order valence-corrected chi connectivity index (χ3v) is 4.59. The van der Waals surface area contributed by atoms with Crippen molar-refractivity contribution >= 4 is 15.7 Å². The van der Waals surface area contributed by atoms with Gasteiger partial charge in [0.05, 0.1) is 30.0 Å². The Morgan fingerprint density at radius 1 is 1.26 bits per heavy atom. The van der Waals surface area contributed by atoms with Crippen molar-refractivity contribution in [1.82, 2.24) is 9.78 Å². The van der Waals surface area contributed by atoms with Gasteiger partial charge in [-0.05, 0) is 24.3 Å². The van der Waals surface area contributed by atoms with Crippen LogP contribution in [0.5, 0.6) is 5.75 Å². The average molecular weight is 279 g/mol. The van der Waals surface area contributed by atoms with Crippen molar-refractivity contribution in [2.24, 2.45) is 0 Å². The first-order valence-corrected chi connectivity index (χ1v) is 7.53. The minimum Gasteiger partial charge on any atom is -0.497 e. The molecular formula is C12H13N3O3S. The van der Waals surface area contributed by atoms with E-state index in [4.69, 9.17) is 10.5 Å². The summed E-state index contributed by atoms with van der Waals surface area (Å²) in [6.45, 7) is 0. The summed E-state index contributed by atoms with van der Waals surface area (Å²) in [5.41, 5.74) is 7.94. The molecule has 1 aromatic heterocycles. The lowest BCUT2D eigenvalue weighted by atomic mass is 10.2. The molecular weight excluding hydrogens is 266 g/mol. The van der Waals surface area contributed by atoms with Gasteiger partial charge < -0.3 is 10.5 Å². The molecule has 100 valence electrons. The maximum Gasteiger partial charge on any atom is 0.160 e. The molecule has 0 spiro atoms. The summed E-state index contributed by atoms with van der Waals surface area (Å²) in [6, 6.07) is 7.26. The number of anilines is 1. The number of hydrogen-bond donors (Lipinski definition) is 1. The molecule has 0 saturated carbocycles. The van der Waals surface area contributed by atoms with Crippen LogP contribution in [0.3, 0.4) is 0 Å². The molecule has 0 amide bonds. The van der Waals surface area contributed by atoms with Crippen LogP contribution in [0.2, 0.25) is 0 Å². The zero-order valence-corrected chi connectivity index (χ0v) is 11.1. The van der Waals surface area contributed by atoms with E-state index in [2.05, 4.69) is 5.10 Å². The molecule has 0 atom stereocenters. The van der Waals surface area contributed by atoms with Gasteiger partial charge in [-0.3, -0.25) is 0 Å². The van der Waals surface area contributed by atoms with Gasteiger partial charge in [-0.15, -0.1) is 0 Å². The SMILES string of the molecule is COc1ccc(-n2nc3c(c2N)CS(=O)(=O)C3)cc1. The summed E-state index contributed by atoms with van der Waals surface area (Å²) < 4.78 is 29.7. The minimum atomic E-state index is -3.07. The van der Waals surface area contributed by atoms with Crippen LogP contribution >= 0.6 is 0 Å². The second-order valence-corrected chi connectivity index (χ2v) is 6.52. The van der Waals surface area contributed by atoms with Gasteiger partial charge in [0, 0.05) is 5.56 Å². The first kappa shape index (κ1) is 12.0. The molecule has 0 radical (unpaired) electrons. The monoisotopic (exact) mass is 279 g/mol. The highest BCUT2D eigenvalue weighted by molar-refractivity contribution is 7.90. The van der Waals surface area contributed by atoms with Gasteiger partial charge in [0.25, 0.3) is 0 Å². The van der Waals surface area contributed by atoms with Crippen LogP contribution in [0.4, 0.5) is 5.82 Å². The fourth-order valence-electron chi connectivity index (χ4n) is 2.18. The highest BCUT2D eigenvalue weighted by Gasteiger charge is 2.31. The van der Waals surface area contributed by atoms with E-state index in [0.717, 1.165) is 11.4 Å². The molecule has 0 bridgehead atoms. The number of rotatable bonds is 2. The lowest BCUT2D eigenvalue weighted by Gasteiger charge is -2.06. The lowest BCUT2D eigenvalue weighted by molar-refractivity contribution is 0.414. The van der Waals surface area contributed by atoms with Crippen molar-refractivity contribution < 1.29 is 13.2 Å². The molecule has 1 aliphatic heterocycles. The van der Waals surface area contributed by atoms with Crippen molar-refractivity contribution in [3.05, 3.63) is 35.5 Å². The summed E-state index contributed by atoms with van der Waals surface area (Å²) in [4.78, 5) is 0. The number of benzene rings is 1. The number of hydrogen-bond acceptors (Lipinski definition) is 5. The average Bonchev–Trinajstić information content (AvgIpc) is 2.84. The Bertz CT molecular complexity index is 732. The van der Waals surface area contributed by atoms with E-state index in [-0.39, 0.29) is 11.5 Å². The van der Waals surface area contributed by atoms with Crippen LogP contribution < -0.4 is 10.5 Å². The minimum absolute atomic E-state index is 0.0235. The van der Waals surface area contributed by atoms with Crippen molar-refractivity contribution in [2.45, 2.75) is 11.5 Å². The van der Waals surface area contributed by atoms with Crippen molar-refractivity contribution in [3.63, 3.8) is 0 Å². The number of aromatic nitrogens is 2. The summed E-state index contributed by atoms with van der Waals surface area (Å²) in [5, 5.41) is 4.28. The van der Waals surface area contributed by atoms with E-state index in [1.165, 1.54) is 0 Å². The van der Waals surface area contributed by atoms with E-state index < -0.39 is 9.84 Å². The molecule has 0 aliphatic carbocycles. The second-order valence-electron chi connectivity index (χ2n) is 4.45. The lowest BCUT2D eigenvalue weighted by Crippen LogP contribution is -2.06. The number of fused-ring (bicyclic) bond motifs is 1. The molecule has 0 fully saturated rings. The van der Waals surface area contributed by atoms with Crippen LogP contribution in [0.15, 0.2) is 24.3 Å². The molecule has 0 saturated heterocycles. The largest absolute Gasteiger partial charge is 0.497 e. The van der Waals surface area contributed by atoms with E-state index in [1.54, 1.807) is 23.9 Å². The molecule has 19 heavy (non-hydrogen) atoms. The standard InChI is InChI=1S/C12H13N3O3S/c1-18-9-4-2-8(3-5-9)15-12(13)10-6-19(16,17)7-11(10)14-15/h2-5H,6-7,13H2,1H3. The zero-order valence-electron chi connectivity index (χ0n) is 10.3. The Morgan fingerprint density at radius 2 is 1.95 bits per heavy atom. The van der Waals surface area contributed by atoms with Crippen LogP contribution in [-0.4, -0.2) is 25.3 Å². The Balaban J connectivity index is 2.04. The van der Waals surface area contributed by atoms with Crippen LogP contribution in [0, 0.1) is 0 Å². The molecule has 6 nitrogen and oxygen atoms in total. The summed E-state index contributed by atoms with van der Waals surface area (Å²) in [7, 11) is -1.48. The predicted octanol–water partition coefficient (Wildman–Crippen LogP) is 0.891.